The van der Waals surface area contributed by atoms with Gasteiger partial charge in [-0.05, 0) is 69.2 Å². The molecular weight excluding hydrogens is 372 g/mol. The normalized spacial score (nSPS) is 17.6. The van der Waals surface area contributed by atoms with Crippen molar-refractivity contribution in [1.82, 2.24) is 9.62 Å². The van der Waals surface area contributed by atoms with Crippen LogP contribution in [0.25, 0.3) is 0 Å². The van der Waals surface area contributed by atoms with E-state index in [1.165, 1.54) is 10.7 Å². The van der Waals surface area contributed by atoms with Gasteiger partial charge in [0.25, 0.3) is 0 Å². The summed E-state index contributed by atoms with van der Waals surface area (Å²) < 4.78 is 27.3. The standard InChI is InChI=1S/C22H36N2O3S/c1-16(2)7-6-8-19(5)23-22(25)20-11-13-24(14-12-20)28(26,27)21-10-9-17(3)18(4)15-21/h9-10,15-16,19-20H,6-8,11-14H2,1-5H3,(H,23,25). The van der Waals surface area contributed by atoms with E-state index in [4.69, 9.17) is 0 Å². The summed E-state index contributed by atoms with van der Waals surface area (Å²) >= 11 is 0. The number of benzene rings is 1. The van der Waals surface area contributed by atoms with Crippen molar-refractivity contribution in [2.24, 2.45) is 11.8 Å². The van der Waals surface area contributed by atoms with Crippen molar-refractivity contribution < 1.29 is 13.2 Å². The summed E-state index contributed by atoms with van der Waals surface area (Å²) in [4.78, 5) is 12.9. The van der Waals surface area contributed by atoms with Gasteiger partial charge in [-0.3, -0.25) is 4.79 Å². The number of carbonyl (C=O) groups excluding carboxylic acids is 1. The number of nitrogens with zero attached hydrogens (tertiary/aromatic N) is 1. The third-order valence-corrected chi connectivity index (χ3v) is 7.64. The fourth-order valence-electron chi connectivity index (χ4n) is 3.65. The van der Waals surface area contributed by atoms with Gasteiger partial charge in [0.05, 0.1) is 4.90 Å². The van der Waals surface area contributed by atoms with Crippen LogP contribution in [0.2, 0.25) is 0 Å². The van der Waals surface area contributed by atoms with Crippen LogP contribution in [0.1, 0.15) is 64.0 Å². The first kappa shape index (κ1) is 22.9. The maximum atomic E-state index is 12.9. The maximum Gasteiger partial charge on any atom is 0.243 e. The Kier molecular flexibility index (Phi) is 8.07. The lowest BCUT2D eigenvalue weighted by molar-refractivity contribution is -0.126. The van der Waals surface area contributed by atoms with Crippen LogP contribution in [0.5, 0.6) is 0 Å². The molecule has 0 aromatic heterocycles. The molecule has 0 saturated carbocycles. The van der Waals surface area contributed by atoms with Crippen LogP contribution in [0.3, 0.4) is 0 Å². The highest BCUT2D eigenvalue weighted by atomic mass is 32.2. The van der Waals surface area contributed by atoms with Crippen molar-refractivity contribution in [3.63, 3.8) is 0 Å². The van der Waals surface area contributed by atoms with Crippen molar-refractivity contribution in [2.75, 3.05) is 13.1 Å². The Morgan fingerprint density at radius 2 is 1.75 bits per heavy atom. The first-order chi connectivity index (χ1) is 13.1. The smallest absolute Gasteiger partial charge is 0.243 e. The fraction of sp³-hybridized carbons (Fsp3) is 0.682. The Balaban J connectivity index is 1.87. The number of sulfonamides is 1. The molecule has 0 radical (unpaired) electrons. The molecule has 158 valence electrons. The van der Waals surface area contributed by atoms with Crippen LogP contribution >= 0.6 is 0 Å². The second-order valence-electron chi connectivity index (χ2n) is 8.66. The zero-order valence-electron chi connectivity index (χ0n) is 18.0. The minimum absolute atomic E-state index is 0.0697. The molecule has 1 aromatic carbocycles. The lowest BCUT2D eigenvalue weighted by Gasteiger charge is -2.31. The average Bonchev–Trinajstić information content (AvgIpc) is 2.63. The van der Waals surface area contributed by atoms with Gasteiger partial charge in [0.1, 0.15) is 0 Å². The largest absolute Gasteiger partial charge is 0.353 e. The van der Waals surface area contributed by atoms with Crippen LogP contribution < -0.4 is 5.32 Å². The summed E-state index contributed by atoms with van der Waals surface area (Å²) in [5, 5.41) is 3.12. The molecule has 1 amide bonds. The molecule has 1 saturated heterocycles. The molecule has 1 aliphatic heterocycles. The molecular formula is C22H36N2O3S. The van der Waals surface area contributed by atoms with Crippen LogP contribution in [-0.2, 0) is 14.8 Å². The highest BCUT2D eigenvalue weighted by Gasteiger charge is 2.32. The zero-order chi connectivity index (χ0) is 20.9. The van der Waals surface area contributed by atoms with Gasteiger partial charge >= 0.3 is 0 Å². The molecule has 28 heavy (non-hydrogen) atoms. The Hall–Kier alpha value is -1.40. The van der Waals surface area contributed by atoms with Crippen LogP contribution in [0.4, 0.5) is 0 Å². The summed E-state index contributed by atoms with van der Waals surface area (Å²) in [6.07, 6.45) is 4.44. The minimum atomic E-state index is -3.49. The van der Waals surface area contributed by atoms with E-state index in [1.807, 2.05) is 19.9 Å². The fourth-order valence-corrected chi connectivity index (χ4v) is 5.20. The summed E-state index contributed by atoms with van der Waals surface area (Å²) in [6, 6.07) is 5.43. The quantitative estimate of drug-likeness (QED) is 0.706. The van der Waals surface area contributed by atoms with Gasteiger partial charge in [0.15, 0.2) is 0 Å². The van der Waals surface area contributed by atoms with Gasteiger partial charge in [-0.15, -0.1) is 0 Å². The molecule has 1 heterocycles. The highest BCUT2D eigenvalue weighted by molar-refractivity contribution is 7.89. The predicted octanol–water partition coefficient (Wildman–Crippen LogP) is 4.04. The Bertz CT molecular complexity index is 766. The van der Waals surface area contributed by atoms with E-state index in [0.717, 1.165) is 24.0 Å². The number of hydrogen-bond donors (Lipinski definition) is 1. The van der Waals surface area contributed by atoms with E-state index < -0.39 is 10.0 Å². The molecule has 1 aliphatic rings. The lowest BCUT2D eigenvalue weighted by Crippen LogP contribution is -2.44. The maximum absolute atomic E-state index is 12.9. The first-order valence-electron chi connectivity index (χ1n) is 10.5. The monoisotopic (exact) mass is 408 g/mol. The molecule has 1 N–H and O–H groups in total. The third kappa shape index (κ3) is 6.05. The number of nitrogens with one attached hydrogen (secondary N) is 1. The molecule has 1 unspecified atom stereocenters. The SMILES string of the molecule is Cc1ccc(S(=O)(=O)N2CCC(C(=O)NC(C)CCCC(C)C)CC2)cc1C. The van der Waals surface area contributed by atoms with E-state index in [0.29, 0.717) is 36.7 Å². The summed E-state index contributed by atoms with van der Waals surface area (Å²) in [7, 11) is -3.49. The number of hydrogen-bond acceptors (Lipinski definition) is 3. The van der Waals surface area contributed by atoms with Crippen LogP contribution in [0, 0.1) is 25.7 Å². The topological polar surface area (TPSA) is 66.5 Å². The molecule has 6 heteroatoms. The van der Waals surface area contributed by atoms with Gasteiger partial charge in [-0.25, -0.2) is 8.42 Å². The number of amides is 1. The molecule has 1 fully saturated rings. The van der Waals surface area contributed by atoms with Gasteiger partial charge < -0.3 is 5.32 Å². The van der Waals surface area contributed by atoms with E-state index >= 15 is 0 Å². The van der Waals surface area contributed by atoms with Crippen molar-refractivity contribution in [2.45, 2.75) is 77.7 Å². The first-order valence-corrected chi connectivity index (χ1v) is 11.9. The molecule has 1 aromatic rings. The molecule has 0 aliphatic carbocycles. The van der Waals surface area contributed by atoms with E-state index in [-0.39, 0.29) is 17.9 Å². The van der Waals surface area contributed by atoms with Crippen molar-refractivity contribution in [3.05, 3.63) is 29.3 Å². The second kappa shape index (κ2) is 9.88. The Morgan fingerprint density at radius 1 is 1.11 bits per heavy atom. The van der Waals surface area contributed by atoms with E-state index in [9.17, 15) is 13.2 Å². The molecule has 2 rings (SSSR count). The Labute approximate surface area is 170 Å². The molecule has 1 atom stereocenters. The molecule has 0 spiro atoms. The number of carbonyl (C=O) groups is 1. The van der Waals surface area contributed by atoms with E-state index in [1.54, 1.807) is 12.1 Å². The van der Waals surface area contributed by atoms with Gasteiger partial charge in [-0.1, -0.05) is 32.8 Å². The highest BCUT2D eigenvalue weighted by Crippen LogP contribution is 2.25. The van der Waals surface area contributed by atoms with Gasteiger partial charge in [0.2, 0.25) is 15.9 Å². The number of rotatable bonds is 8. The number of piperidine rings is 1. The van der Waals surface area contributed by atoms with Crippen molar-refractivity contribution in [3.8, 4) is 0 Å². The van der Waals surface area contributed by atoms with Crippen molar-refractivity contribution in [1.29, 1.82) is 0 Å². The average molecular weight is 409 g/mol. The summed E-state index contributed by atoms with van der Waals surface area (Å²) in [5.41, 5.74) is 2.05. The predicted molar refractivity (Wildman–Crippen MR) is 114 cm³/mol. The summed E-state index contributed by atoms with van der Waals surface area (Å²) in [6.45, 7) is 11.2. The molecule has 0 bridgehead atoms. The van der Waals surface area contributed by atoms with E-state index in [2.05, 4.69) is 26.1 Å². The Morgan fingerprint density at radius 3 is 2.32 bits per heavy atom. The number of aryl methyl sites for hydroxylation is 2. The minimum Gasteiger partial charge on any atom is -0.353 e. The lowest BCUT2D eigenvalue weighted by atomic mass is 9.96. The van der Waals surface area contributed by atoms with Gasteiger partial charge in [0, 0.05) is 25.0 Å². The van der Waals surface area contributed by atoms with Gasteiger partial charge in [-0.2, -0.15) is 4.31 Å². The third-order valence-electron chi connectivity index (χ3n) is 5.75. The van der Waals surface area contributed by atoms with Crippen LogP contribution in [0.15, 0.2) is 23.1 Å². The zero-order valence-corrected chi connectivity index (χ0v) is 18.8. The summed E-state index contributed by atoms with van der Waals surface area (Å²) in [5.74, 6) is 0.658. The second-order valence-corrected chi connectivity index (χ2v) is 10.6. The van der Waals surface area contributed by atoms with Crippen molar-refractivity contribution >= 4 is 15.9 Å². The molecule has 5 nitrogen and oxygen atoms in total. The van der Waals surface area contributed by atoms with Crippen LogP contribution in [-0.4, -0.2) is 37.8 Å².